The summed E-state index contributed by atoms with van der Waals surface area (Å²) in [5.74, 6) is 0.855. The van der Waals surface area contributed by atoms with Crippen molar-refractivity contribution in [2.75, 3.05) is 13.1 Å². The maximum absolute atomic E-state index is 11.1. The first-order chi connectivity index (χ1) is 8.58. The van der Waals surface area contributed by atoms with Gasteiger partial charge in [0, 0.05) is 19.1 Å². The van der Waals surface area contributed by atoms with E-state index in [1.54, 1.807) is 0 Å². The number of aliphatic carboxylic acids is 1. The number of likely N-dealkylation sites (tertiary alicyclic amines) is 1. The van der Waals surface area contributed by atoms with E-state index < -0.39 is 5.97 Å². The lowest BCUT2D eigenvalue weighted by molar-refractivity contribution is -0.144. The van der Waals surface area contributed by atoms with E-state index >= 15 is 0 Å². The third-order valence-corrected chi connectivity index (χ3v) is 5.12. The predicted octanol–water partition coefficient (Wildman–Crippen LogP) is 3.00. The standard InChI is InChI=1S/C15H27NO2/c1-11-5-3-4-6-13(11)9-16-10-14(15(17)18)8-7-12(16)2/h11-14H,3-10H2,1-2H3,(H,17,18). The number of nitrogens with zero attached hydrogens (tertiary/aromatic N) is 1. The fourth-order valence-electron chi connectivity index (χ4n) is 3.60. The summed E-state index contributed by atoms with van der Waals surface area (Å²) >= 11 is 0. The van der Waals surface area contributed by atoms with E-state index in [0.29, 0.717) is 6.04 Å². The highest BCUT2D eigenvalue weighted by molar-refractivity contribution is 5.70. The first-order valence-corrected chi connectivity index (χ1v) is 7.54. The van der Waals surface area contributed by atoms with E-state index in [-0.39, 0.29) is 5.92 Å². The maximum Gasteiger partial charge on any atom is 0.307 e. The summed E-state index contributed by atoms with van der Waals surface area (Å²) in [5.41, 5.74) is 0. The molecule has 2 aliphatic rings. The molecule has 104 valence electrons. The largest absolute Gasteiger partial charge is 0.481 e. The molecule has 1 aliphatic carbocycles. The summed E-state index contributed by atoms with van der Waals surface area (Å²) in [5, 5.41) is 9.17. The molecule has 0 amide bonds. The third-order valence-electron chi connectivity index (χ3n) is 5.12. The zero-order valence-corrected chi connectivity index (χ0v) is 11.8. The number of rotatable bonds is 3. The van der Waals surface area contributed by atoms with Gasteiger partial charge in [-0.05, 0) is 38.0 Å². The van der Waals surface area contributed by atoms with Gasteiger partial charge in [-0.2, -0.15) is 0 Å². The van der Waals surface area contributed by atoms with E-state index in [0.717, 1.165) is 37.8 Å². The molecule has 1 saturated heterocycles. The van der Waals surface area contributed by atoms with Gasteiger partial charge in [0.05, 0.1) is 5.92 Å². The molecule has 1 heterocycles. The summed E-state index contributed by atoms with van der Waals surface area (Å²) in [6.45, 7) is 6.50. The van der Waals surface area contributed by atoms with Crippen LogP contribution in [0.5, 0.6) is 0 Å². The van der Waals surface area contributed by atoms with Crippen LogP contribution in [0.4, 0.5) is 0 Å². The molecule has 3 heteroatoms. The molecule has 0 aromatic heterocycles. The van der Waals surface area contributed by atoms with Crippen LogP contribution in [-0.4, -0.2) is 35.1 Å². The van der Waals surface area contributed by atoms with E-state index in [1.807, 2.05) is 0 Å². The molecule has 1 N–H and O–H groups in total. The SMILES string of the molecule is CC1CCCCC1CN1CC(C(=O)O)CCC1C. The van der Waals surface area contributed by atoms with E-state index in [1.165, 1.54) is 25.7 Å². The topological polar surface area (TPSA) is 40.5 Å². The quantitative estimate of drug-likeness (QED) is 0.840. The second-order valence-corrected chi connectivity index (χ2v) is 6.44. The smallest absolute Gasteiger partial charge is 0.307 e. The Kier molecular flexibility index (Phi) is 4.66. The van der Waals surface area contributed by atoms with Gasteiger partial charge in [0.25, 0.3) is 0 Å². The monoisotopic (exact) mass is 253 g/mol. The Labute approximate surface area is 111 Å². The Balaban J connectivity index is 1.91. The van der Waals surface area contributed by atoms with Gasteiger partial charge >= 0.3 is 5.97 Å². The van der Waals surface area contributed by atoms with Gasteiger partial charge in [-0.1, -0.05) is 26.2 Å². The second-order valence-electron chi connectivity index (χ2n) is 6.44. The molecule has 3 nitrogen and oxygen atoms in total. The Bertz CT molecular complexity index is 292. The fourth-order valence-corrected chi connectivity index (χ4v) is 3.60. The van der Waals surface area contributed by atoms with Crippen molar-refractivity contribution in [1.29, 1.82) is 0 Å². The molecule has 18 heavy (non-hydrogen) atoms. The molecule has 4 unspecified atom stereocenters. The van der Waals surface area contributed by atoms with Gasteiger partial charge in [-0.25, -0.2) is 0 Å². The van der Waals surface area contributed by atoms with Gasteiger partial charge in [0.15, 0.2) is 0 Å². The Morgan fingerprint density at radius 2 is 1.89 bits per heavy atom. The fraction of sp³-hybridized carbons (Fsp3) is 0.933. The average Bonchev–Trinajstić information content (AvgIpc) is 2.34. The lowest BCUT2D eigenvalue weighted by Crippen LogP contribution is -2.47. The first kappa shape index (κ1) is 13.9. The average molecular weight is 253 g/mol. The molecule has 1 saturated carbocycles. The van der Waals surface area contributed by atoms with Crippen molar-refractivity contribution in [1.82, 2.24) is 4.90 Å². The highest BCUT2D eigenvalue weighted by Gasteiger charge is 2.32. The zero-order chi connectivity index (χ0) is 13.1. The van der Waals surface area contributed by atoms with Crippen LogP contribution in [0, 0.1) is 17.8 Å². The van der Waals surface area contributed by atoms with Crippen molar-refractivity contribution in [2.45, 2.75) is 58.4 Å². The summed E-state index contributed by atoms with van der Waals surface area (Å²) in [6, 6.07) is 0.565. The minimum Gasteiger partial charge on any atom is -0.481 e. The molecule has 4 atom stereocenters. The highest BCUT2D eigenvalue weighted by atomic mass is 16.4. The molecular weight excluding hydrogens is 226 g/mol. The second kappa shape index (κ2) is 6.05. The van der Waals surface area contributed by atoms with Crippen LogP contribution >= 0.6 is 0 Å². The number of hydrogen-bond acceptors (Lipinski definition) is 2. The predicted molar refractivity (Wildman–Crippen MR) is 72.5 cm³/mol. The van der Waals surface area contributed by atoms with Gasteiger partial charge in [-0.15, -0.1) is 0 Å². The van der Waals surface area contributed by atoms with Gasteiger partial charge in [0.2, 0.25) is 0 Å². The van der Waals surface area contributed by atoms with E-state index in [4.69, 9.17) is 0 Å². The molecule has 2 rings (SSSR count). The number of hydrogen-bond donors (Lipinski definition) is 1. The van der Waals surface area contributed by atoms with Crippen LogP contribution in [0.25, 0.3) is 0 Å². The van der Waals surface area contributed by atoms with Crippen molar-refractivity contribution >= 4 is 5.97 Å². The van der Waals surface area contributed by atoms with Crippen molar-refractivity contribution < 1.29 is 9.90 Å². The van der Waals surface area contributed by atoms with Crippen LogP contribution in [0.1, 0.15) is 52.4 Å². The van der Waals surface area contributed by atoms with Gasteiger partial charge in [0.1, 0.15) is 0 Å². The molecule has 1 aliphatic heterocycles. The van der Waals surface area contributed by atoms with Crippen LogP contribution in [0.15, 0.2) is 0 Å². The number of carboxylic acid groups (broad SMARTS) is 1. The summed E-state index contributed by atoms with van der Waals surface area (Å²) in [6.07, 6.45) is 7.33. The zero-order valence-electron chi connectivity index (χ0n) is 11.8. The molecule has 0 radical (unpaired) electrons. The summed E-state index contributed by atoms with van der Waals surface area (Å²) in [4.78, 5) is 13.6. The molecule has 0 spiro atoms. The minimum atomic E-state index is -0.608. The van der Waals surface area contributed by atoms with Gasteiger partial charge in [-0.3, -0.25) is 9.69 Å². The molecule has 0 aromatic rings. The lowest BCUT2D eigenvalue weighted by Gasteiger charge is -2.41. The highest BCUT2D eigenvalue weighted by Crippen LogP contribution is 2.32. The maximum atomic E-state index is 11.1. The minimum absolute atomic E-state index is 0.139. The van der Waals surface area contributed by atoms with Crippen LogP contribution < -0.4 is 0 Å². The van der Waals surface area contributed by atoms with Crippen LogP contribution in [0.3, 0.4) is 0 Å². The normalized spacial score (nSPS) is 38.6. The van der Waals surface area contributed by atoms with E-state index in [9.17, 15) is 9.90 Å². The third kappa shape index (κ3) is 3.25. The Hall–Kier alpha value is -0.570. The summed E-state index contributed by atoms with van der Waals surface area (Å²) < 4.78 is 0. The Morgan fingerprint density at radius 3 is 2.56 bits per heavy atom. The molecular formula is C15H27NO2. The van der Waals surface area contributed by atoms with Crippen LogP contribution in [0.2, 0.25) is 0 Å². The lowest BCUT2D eigenvalue weighted by atomic mass is 9.79. The molecule has 2 fully saturated rings. The van der Waals surface area contributed by atoms with Crippen LogP contribution in [-0.2, 0) is 4.79 Å². The molecule has 0 bridgehead atoms. The Morgan fingerprint density at radius 1 is 1.17 bits per heavy atom. The summed E-state index contributed by atoms with van der Waals surface area (Å²) in [7, 11) is 0. The number of piperidine rings is 1. The molecule has 0 aromatic carbocycles. The van der Waals surface area contributed by atoms with Crippen molar-refractivity contribution in [3.8, 4) is 0 Å². The first-order valence-electron chi connectivity index (χ1n) is 7.54. The van der Waals surface area contributed by atoms with Crippen molar-refractivity contribution in [3.05, 3.63) is 0 Å². The van der Waals surface area contributed by atoms with Crippen molar-refractivity contribution in [2.24, 2.45) is 17.8 Å². The number of carbonyl (C=O) groups is 1. The number of carboxylic acids is 1. The van der Waals surface area contributed by atoms with Gasteiger partial charge < -0.3 is 5.11 Å². The van der Waals surface area contributed by atoms with Crippen molar-refractivity contribution in [3.63, 3.8) is 0 Å². The van der Waals surface area contributed by atoms with E-state index in [2.05, 4.69) is 18.7 Å².